The van der Waals surface area contributed by atoms with Crippen LogP contribution in [-0.2, 0) is 16.0 Å². The second-order valence-electron chi connectivity index (χ2n) is 5.60. The van der Waals surface area contributed by atoms with Crippen LogP contribution < -0.4 is 5.73 Å². The van der Waals surface area contributed by atoms with Crippen LogP contribution >= 0.6 is 0 Å². The van der Waals surface area contributed by atoms with Gasteiger partial charge in [0, 0.05) is 13.0 Å². The number of benzene rings is 1. The average molecular weight is 261 g/mol. The van der Waals surface area contributed by atoms with Gasteiger partial charge >= 0.3 is 0 Å². The molecule has 1 aromatic carbocycles. The third kappa shape index (κ3) is 3.64. The monoisotopic (exact) mass is 261 g/mol. The number of ether oxygens (including phenoxy) is 1. The molecule has 0 aliphatic carbocycles. The lowest BCUT2D eigenvalue weighted by Crippen LogP contribution is -2.26. The molecule has 1 saturated heterocycles. The van der Waals surface area contributed by atoms with E-state index in [0.717, 1.165) is 18.4 Å². The molecule has 1 heterocycles. The normalized spacial score (nSPS) is 22.9. The summed E-state index contributed by atoms with van der Waals surface area (Å²) >= 11 is 0. The topological polar surface area (TPSA) is 52.3 Å². The molecule has 3 heteroatoms. The lowest BCUT2D eigenvalue weighted by molar-refractivity contribution is -0.128. The Morgan fingerprint density at radius 2 is 2.00 bits per heavy atom. The van der Waals surface area contributed by atoms with Crippen LogP contribution in [0.1, 0.15) is 43.7 Å². The Kier molecular flexibility index (Phi) is 4.72. The molecule has 0 saturated carbocycles. The first-order chi connectivity index (χ1) is 9.10. The number of nitrogens with two attached hydrogens (primary N) is 1. The Bertz CT molecular complexity index is 425. The van der Waals surface area contributed by atoms with Crippen molar-refractivity contribution in [2.75, 3.05) is 6.54 Å². The van der Waals surface area contributed by atoms with Crippen molar-refractivity contribution >= 4 is 5.78 Å². The van der Waals surface area contributed by atoms with Gasteiger partial charge < -0.3 is 10.5 Å². The first-order valence-electron chi connectivity index (χ1n) is 7.07. The minimum atomic E-state index is -0.252. The van der Waals surface area contributed by atoms with E-state index in [1.165, 1.54) is 5.56 Å². The van der Waals surface area contributed by atoms with Gasteiger partial charge in [-0.25, -0.2) is 0 Å². The number of ketones is 1. The van der Waals surface area contributed by atoms with Gasteiger partial charge in [0.2, 0.25) is 0 Å². The van der Waals surface area contributed by atoms with Crippen LogP contribution in [0.5, 0.6) is 0 Å². The van der Waals surface area contributed by atoms with Crippen molar-refractivity contribution < 1.29 is 9.53 Å². The van der Waals surface area contributed by atoms with Crippen LogP contribution in [0.3, 0.4) is 0 Å². The highest BCUT2D eigenvalue weighted by Gasteiger charge is 2.29. The fraction of sp³-hybridized carbons (Fsp3) is 0.562. The zero-order valence-corrected chi connectivity index (χ0v) is 11.8. The van der Waals surface area contributed by atoms with E-state index >= 15 is 0 Å². The molecule has 2 rings (SSSR count). The predicted octanol–water partition coefficient (Wildman–Crippen LogP) is 2.43. The van der Waals surface area contributed by atoms with Crippen molar-refractivity contribution in [2.45, 2.75) is 51.2 Å². The Morgan fingerprint density at radius 3 is 2.53 bits per heavy atom. The molecule has 0 amide bonds. The third-order valence-electron chi connectivity index (χ3n) is 3.75. The summed E-state index contributed by atoms with van der Waals surface area (Å²) in [6, 6.07) is 8.29. The fourth-order valence-corrected chi connectivity index (χ4v) is 2.45. The second kappa shape index (κ2) is 6.31. The average Bonchev–Trinajstić information content (AvgIpc) is 2.88. The van der Waals surface area contributed by atoms with Gasteiger partial charge in [0.15, 0.2) is 5.78 Å². The molecule has 0 aromatic heterocycles. The quantitative estimate of drug-likeness (QED) is 0.885. The van der Waals surface area contributed by atoms with Gasteiger partial charge in [-0.15, -0.1) is 0 Å². The lowest BCUT2D eigenvalue weighted by atomic mass is 9.98. The summed E-state index contributed by atoms with van der Waals surface area (Å²) in [5, 5.41) is 0. The van der Waals surface area contributed by atoms with Crippen molar-refractivity contribution in [3.63, 3.8) is 0 Å². The molecule has 19 heavy (non-hydrogen) atoms. The van der Waals surface area contributed by atoms with E-state index in [1.807, 2.05) is 12.1 Å². The van der Waals surface area contributed by atoms with E-state index in [-0.39, 0.29) is 18.0 Å². The van der Waals surface area contributed by atoms with Gasteiger partial charge in [-0.3, -0.25) is 4.79 Å². The van der Waals surface area contributed by atoms with E-state index in [9.17, 15) is 4.79 Å². The number of carbonyl (C=O) groups is 1. The molecular weight excluding hydrogens is 238 g/mol. The summed E-state index contributed by atoms with van der Waals surface area (Å²) in [6.07, 6.45) is 1.99. The standard InChI is InChI=1S/C16H23NO2/c1-11(2)13-5-3-12(4-6-13)9-15(18)16-8-7-14(10-17)19-16/h3-6,11,14,16H,7-10,17H2,1-2H3. The Labute approximate surface area is 115 Å². The molecular formula is C16H23NO2. The van der Waals surface area contributed by atoms with E-state index in [0.29, 0.717) is 18.9 Å². The maximum atomic E-state index is 12.1. The van der Waals surface area contributed by atoms with E-state index < -0.39 is 0 Å². The largest absolute Gasteiger partial charge is 0.366 e. The van der Waals surface area contributed by atoms with Crippen LogP contribution in [0.4, 0.5) is 0 Å². The van der Waals surface area contributed by atoms with Crippen molar-refractivity contribution in [1.29, 1.82) is 0 Å². The van der Waals surface area contributed by atoms with Crippen LogP contribution in [-0.4, -0.2) is 24.5 Å². The highest BCUT2D eigenvalue weighted by atomic mass is 16.5. The van der Waals surface area contributed by atoms with Crippen molar-refractivity contribution in [3.8, 4) is 0 Å². The molecule has 104 valence electrons. The van der Waals surface area contributed by atoms with Gasteiger partial charge in [-0.05, 0) is 29.9 Å². The molecule has 1 fully saturated rings. The van der Waals surface area contributed by atoms with Crippen molar-refractivity contribution in [3.05, 3.63) is 35.4 Å². The molecule has 2 unspecified atom stereocenters. The number of carbonyl (C=O) groups excluding carboxylic acids is 1. The number of hydrogen-bond acceptors (Lipinski definition) is 3. The number of hydrogen-bond donors (Lipinski definition) is 1. The van der Waals surface area contributed by atoms with Gasteiger partial charge in [0.05, 0.1) is 6.10 Å². The van der Waals surface area contributed by atoms with Crippen molar-refractivity contribution in [1.82, 2.24) is 0 Å². The van der Waals surface area contributed by atoms with Crippen LogP contribution in [0.2, 0.25) is 0 Å². The second-order valence-corrected chi connectivity index (χ2v) is 5.60. The number of rotatable bonds is 5. The van der Waals surface area contributed by atoms with Crippen LogP contribution in [0.15, 0.2) is 24.3 Å². The third-order valence-corrected chi connectivity index (χ3v) is 3.75. The van der Waals surface area contributed by atoms with E-state index in [1.54, 1.807) is 0 Å². The van der Waals surface area contributed by atoms with Gasteiger partial charge in [0.1, 0.15) is 6.10 Å². The van der Waals surface area contributed by atoms with Crippen molar-refractivity contribution in [2.24, 2.45) is 5.73 Å². The zero-order valence-electron chi connectivity index (χ0n) is 11.8. The first kappa shape index (κ1) is 14.2. The maximum absolute atomic E-state index is 12.1. The summed E-state index contributed by atoms with van der Waals surface area (Å²) in [6.45, 7) is 4.84. The lowest BCUT2D eigenvalue weighted by Gasteiger charge is -2.12. The number of Topliss-reactive ketones (excluding diaryl/α,β-unsaturated/α-hetero) is 1. The fourth-order valence-electron chi connectivity index (χ4n) is 2.45. The highest BCUT2D eigenvalue weighted by molar-refractivity contribution is 5.85. The molecule has 2 N–H and O–H groups in total. The predicted molar refractivity (Wildman–Crippen MR) is 76.2 cm³/mol. The molecule has 2 atom stereocenters. The maximum Gasteiger partial charge on any atom is 0.165 e. The molecule has 1 aliphatic heterocycles. The first-order valence-corrected chi connectivity index (χ1v) is 7.07. The summed E-state index contributed by atoms with van der Waals surface area (Å²) in [4.78, 5) is 12.1. The molecule has 3 nitrogen and oxygen atoms in total. The van der Waals surface area contributed by atoms with Crippen LogP contribution in [0.25, 0.3) is 0 Å². The zero-order chi connectivity index (χ0) is 13.8. The molecule has 1 aromatic rings. The molecule has 1 aliphatic rings. The van der Waals surface area contributed by atoms with Gasteiger partial charge in [-0.2, -0.15) is 0 Å². The minimum Gasteiger partial charge on any atom is -0.366 e. The Balaban J connectivity index is 1.92. The molecule has 0 spiro atoms. The molecule has 0 radical (unpaired) electrons. The van der Waals surface area contributed by atoms with E-state index in [4.69, 9.17) is 10.5 Å². The van der Waals surface area contributed by atoms with Crippen LogP contribution in [0, 0.1) is 0 Å². The van der Waals surface area contributed by atoms with Gasteiger partial charge in [-0.1, -0.05) is 38.1 Å². The summed E-state index contributed by atoms with van der Waals surface area (Å²) < 4.78 is 5.63. The van der Waals surface area contributed by atoms with Gasteiger partial charge in [0.25, 0.3) is 0 Å². The summed E-state index contributed by atoms with van der Waals surface area (Å²) in [5.41, 5.74) is 7.92. The highest BCUT2D eigenvalue weighted by Crippen LogP contribution is 2.21. The summed E-state index contributed by atoms with van der Waals surface area (Å²) in [5.74, 6) is 0.696. The summed E-state index contributed by atoms with van der Waals surface area (Å²) in [7, 11) is 0. The molecule has 0 bridgehead atoms. The Hall–Kier alpha value is -1.19. The SMILES string of the molecule is CC(C)c1ccc(CC(=O)C2CCC(CN)O2)cc1. The minimum absolute atomic E-state index is 0.0669. The van der Waals surface area contributed by atoms with E-state index in [2.05, 4.69) is 26.0 Å². The smallest absolute Gasteiger partial charge is 0.165 e. The Morgan fingerprint density at radius 1 is 1.32 bits per heavy atom.